The minimum atomic E-state index is -0.573. The number of hydrogen-bond donors (Lipinski definition) is 0. The molecule has 5 nitrogen and oxygen atoms in total. The van der Waals surface area contributed by atoms with Gasteiger partial charge in [0.1, 0.15) is 5.75 Å². The fraction of sp³-hybridized carbons (Fsp3) is 0.333. The molecule has 0 saturated carbocycles. The second-order valence-electron chi connectivity index (χ2n) is 5.79. The molecule has 0 radical (unpaired) electrons. The van der Waals surface area contributed by atoms with Crippen LogP contribution < -0.4 is 4.74 Å². The van der Waals surface area contributed by atoms with Crippen molar-refractivity contribution >= 4 is 34.8 Å². The van der Waals surface area contributed by atoms with Crippen molar-refractivity contribution in [3.63, 3.8) is 0 Å². The molecule has 0 fully saturated rings. The molecule has 25 heavy (non-hydrogen) atoms. The Labute approximate surface area is 155 Å². The van der Waals surface area contributed by atoms with Crippen molar-refractivity contribution in [1.29, 1.82) is 0 Å². The normalized spacial score (nSPS) is 13.3. The highest BCUT2D eigenvalue weighted by Crippen LogP contribution is 2.24. The molecule has 3 rings (SSSR count). The van der Waals surface area contributed by atoms with E-state index in [9.17, 15) is 9.59 Å². The Kier molecular flexibility index (Phi) is 5.60. The lowest BCUT2D eigenvalue weighted by molar-refractivity contribution is -0.154. The number of carbonyl (C=O) groups is 2. The third-order valence-corrected chi connectivity index (χ3v) is 5.26. The van der Waals surface area contributed by atoms with Gasteiger partial charge < -0.3 is 14.4 Å². The Morgan fingerprint density at radius 1 is 1.28 bits per heavy atom. The maximum atomic E-state index is 12.2. The van der Waals surface area contributed by atoms with Gasteiger partial charge in [0.15, 0.2) is 13.2 Å². The van der Waals surface area contributed by atoms with Crippen LogP contribution in [0.25, 0.3) is 0 Å². The zero-order valence-corrected chi connectivity index (χ0v) is 15.4. The zero-order valence-electron chi connectivity index (χ0n) is 13.8. The van der Waals surface area contributed by atoms with Crippen LogP contribution in [-0.2, 0) is 27.3 Å². The predicted octanol–water partition coefficient (Wildman–Crippen LogP) is 3.22. The van der Waals surface area contributed by atoms with E-state index in [4.69, 9.17) is 21.1 Å². The highest BCUT2D eigenvalue weighted by Gasteiger charge is 2.22. The number of amides is 1. The minimum absolute atomic E-state index is 0.187. The zero-order chi connectivity index (χ0) is 17.8. The Hall–Kier alpha value is -2.05. The van der Waals surface area contributed by atoms with Crippen LogP contribution in [0.3, 0.4) is 0 Å². The summed E-state index contributed by atoms with van der Waals surface area (Å²) in [5, 5.41) is 2.64. The summed E-state index contributed by atoms with van der Waals surface area (Å²) in [5.41, 5.74) is 2.01. The summed E-state index contributed by atoms with van der Waals surface area (Å²) in [6.45, 7) is 2.57. The van der Waals surface area contributed by atoms with Gasteiger partial charge in [-0.25, -0.2) is 4.79 Å². The monoisotopic (exact) mass is 379 g/mol. The SMILES string of the molecule is Cc1cc(Cl)ccc1OCC(=O)OCC(=O)N1CCc2sccc2C1. The van der Waals surface area contributed by atoms with Crippen LogP contribution in [0.5, 0.6) is 5.75 Å². The van der Waals surface area contributed by atoms with Gasteiger partial charge in [-0.15, -0.1) is 11.3 Å². The maximum absolute atomic E-state index is 12.2. The number of rotatable bonds is 5. The molecule has 1 aliphatic heterocycles. The molecule has 0 bridgehead atoms. The van der Waals surface area contributed by atoms with Crippen LogP contribution in [-0.4, -0.2) is 36.5 Å². The van der Waals surface area contributed by atoms with E-state index in [1.807, 2.05) is 18.4 Å². The van der Waals surface area contributed by atoms with E-state index in [1.54, 1.807) is 34.4 Å². The van der Waals surface area contributed by atoms with Gasteiger partial charge in [0.2, 0.25) is 0 Å². The lowest BCUT2D eigenvalue weighted by atomic mass is 10.1. The lowest BCUT2D eigenvalue weighted by Crippen LogP contribution is -2.38. The smallest absolute Gasteiger partial charge is 0.344 e. The highest BCUT2D eigenvalue weighted by atomic mass is 35.5. The minimum Gasteiger partial charge on any atom is -0.482 e. The summed E-state index contributed by atoms with van der Waals surface area (Å²) in [4.78, 5) is 27.0. The van der Waals surface area contributed by atoms with E-state index in [-0.39, 0.29) is 19.1 Å². The van der Waals surface area contributed by atoms with Crippen molar-refractivity contribution in [2.75, 3.05) is 19.8 Å². The van der Waals surface area contributed by atoms with Crippen LogP contribution in [0.4, 0.5) is 0 Å². The Bertz CT molecular complexity index is 789. The van der Waals surface area contributed by atoms with Crippen molar-refractivity contribution in [2.24, 2.45) is 0 Å². The van der Waals surface area contributed by atoms with Gasteiger partial charge in [-0.2, -0.15) is 0 Å². The van der Waals surface area contributed by atoms with Crippen molar-refractivity contribution in [3.8, 4) is 5.75 Å². The molecular formula is C18H18ClNO4S. The Balaban J connectivity index is 1.44. The molecule has 0 saturated heterocycles. The summed E-state index contributed by atoms with van der Waals surface area (Å²) in [7, 11) is 0. The summed E-state index contributed by atoms with van der Waals surface area (Å²) in [6, 6.07) is 7.17. The molecule has 0 atom stereocenters. The molecule has 0 spiro atoms. The van der Waals surface area contributed by atoms with Gasteiger partial charge in [0.05, 0.1) is 0 Å². The van der Waals surface area contributed by atoms with Crippen LogP contribution in [0.2, 0.25) is 5.02 Å². The lowest BCUT2D eigenvalue weighted by Gasteiger charge is -2.26. The number of esters is 1. The van der Waals surface area contributed by atoms with E-state index >= 15 is 0 Å². The van der Waals surface area contributed by atoms with Crippen molar-refractivity contribution in [3.05, 3.63) is 50.7 Å². The van der Waals surface area contributed by atoms with Crippen LogP contribution >= 0.6 is 22.9 Å². The van der Waals surface area contributed by atoms with Gasteiger partial charge in [-0.3, -0.25) is 4.79 Å². The first kappa shape index (κ1) is 17.8. The number of fused-ring (bicyclic) bond motifs is 1. The molecule has 1 aromatic heterocycles. The molecular weight excluding hydrogens is 362 g/mol. The van der Waals surface area contributed by atoms with Gasteiger partial charge in [0.25, 0.3) is 5.91 Å². The number of nitrogens with zero attached hydrogens (tertiary/aromatic N) is 1. The largest absolute Gasteiger partial charge is 0.482 e. The van der Waals surface area contributed by atoms with E-state index in [1.165, 1.54) is 10.4 Å². The van der Waals surface area contributed by atoms with Gasteiger partial charge in [0, 0.05) is 23.0 Å². The van der Waals surface area contributed by atoms with Gasteiger partial charge in [-0.1, -0.05) is 11.6 Å². The van der Waals surface area contributed by atoms with E-state index in [0.717, 1.165) is 12.0 Å². The second kappa shape index (κ2) is 7.89. The summed E-state index contributed by atoms with van der Waals surface area (Å²) in [6.07, 6.45) is 0.853. The number of aryl methyl sites for hydroxylation is 1. The second-order valence-corrected chi connectivity index (χ2v) is 7.23. The number of ether oxygens (including phenoxy) is 2. The van der Waals surface area contributed by atoms with Crippen molar-refractivity contribution < 1.29 is 19.1 Å². The summed E-state index contributed by atoms with van der Waals surface area (Å²) in [5.74, 6) is -0.197. The first-order valence-corrected chi connectivity index (χ1v) is 9.16. The molecule has 7 heteroatoms. The molecule has 1 aliphatic rings. The topological polar surface area (TPSA) is 55.8 Å². The first-order chi connectivity index (χ1) is 12.0. The third-order valence-electron chi connectivity index (χ3n) is 4.00. The Morgan fingerprint density at radius 3 is 2.92 bits per heavy atom. The molecule has 0 N–H and O–H groups in total. The summed E-state index contributed by atoms with van der Waals surface area (Å²) >= 11 is 7.59. The van der Waals surface area contributed by atoms with Gasteiger partial charge in [-0.05, 0) is 54.1 Å². The highest BCUT2D eigenvalue weighted by molar-refractivity contribution is 7.10. The quantitative estimate of drug-likeness (QED) is 0.748. The molecule has 0 aliphatic carbocycles. The van der Waals surface area contributed by atoms with Crippen LogP contribution in [0.1, 0.15) is 16.0 Å². The van der Waals surface area contributed by atoms with E-state index < -0.39 is 5.97 Å². The van der Waals surface area contributed by atoms with Gasteiger partial charge >= 0.3 is 5.97 Å². The number of halogens is 1. The van der Waals surface area contributed by atoms with Crippen molar-refractivity contribution in [1.82, 2.24) is 4.90 Å². The fourth-order valence-corrected chi connectivity index (χ4v) is 3.76. The molecule has 2 heterocycles. The third kappa shape index (κ3) is 4.52. The molecule has 0 unspecified atom stereocenters. The van der Waals surface area contributed by atoms with E-state index in [2.05, 4.69) is 0 Å². The number of thiophene rings is 1. The number of hydrogen-bond acceptors (Lipinski definition) is 5. The molecule has 132 valence electrons. The van der Waals surface area contributed by atoms with E-state index in [0.29, 0.717) is 23.9 Å². The predicted molar refractivity (Wildman–Crippen MR) is 96.1 cm³/mol. The first-order valence-electron chi connectivity index (χ1n) is 7.90. The molecule has 2 aromatic rings. The van der Waals surface area contributed by atoms with Crippen LogP contribution in [0.15, 0.2) is 29.6 Å². The average Bonchev–Trinajstić information content (AvgIpc) is 3.06. The molecule has 1 aromatic carbocycles. The number of carbonyl (C=O) groups excluding carboxylic acids is 2. The summed E-state index contributed by atoms with van der Waals surface area (Å²) < 4.78 is 10.4. The molecule has 1 amide bonds. The average molecular weight is 380 g/mol. The van der Waals surface area contributed by atoms with Crippen molar-refractivity contribution in [2.45, 2.75) is 19.9 Å². The van der Waals surface area contributed by atoms with Crippen LogP contribution in [0, 0.1) is 6.92 Å². The fourth-order valence-electron chi connectivity index (χ4n) is 2.65. The maximum Gasteiger partial charge on any atom is 0.344 e. The standard InChI is InChI=1S/C18H18ClNO4S/c1-12-8-14(19)2-3-15(12)23-11-18(22)24-10-17(21)20-6-4-16-13(9-20)5-7-25-16/h2-3,5,7-8H,4,6,9-11H2,1H3. The number of benzene rings is 1. The Morgan fingerprint density at radius 2 is 2.12 bits per heavy atom.